The minimum atomic E-state index is -1.45. The van der Waals surface area contributed by atoms with Crippen LogP contribution in [-0.4, -0.2) is 36.4 Å². The van der Waals surface area contributed by atoms with E-state index in [1.165, 1.54) is 7.11 Å². The molecule has 0 aromatic heterocycles. The Balaban J connectivity index is 3.36. The zero-order valence-electron chi connectivity index (χ0n) is 6.25. The third-order valence-corrected chi connectivity index (χ3v) is 1.52. The zero-order valence-corrected chi connectivity index (χ0v) is 7.83. The number of hydrogen-bond acceptors (Lipinski definition) is 4. The van der Waals surface area contributed by atoms with Gasteiger partial charge in [-0.2, -0.15) is 0 Å². The molecule has 0 rings (SSSR count). The Bertz CT molecular complexity index is 117. The van der Waals surface area contributed by atoms with Crippen molar-refractivity contribution in [2.75, 3.05) is 19.0 Å². The molecule has 0 radical (unpaired) electrons. The number of carbonyl (C=O) groups excluding carboxylic acids is 1. The summed E-state index contributed by atoms with van der Waals surface area (Å²) in [5, 5.41) is 9.61. The third-order valence-electron chi connectivity index (χ3n) is 0.957. The number of halogens is 1. The zero-order chi connectivity index (χ0) is 8.69. The molecular weight excluding hydrogens is 216 g/mol. The quantitative estimate of drug-likeness (QED) is 0.317. The van der Waals surface area contributed by atoms with Gasteiger partial charge in [0.15, 0.2) is 0 Å². The van der Waals surface area contributed by atoms with Gasteiger partial charge in [-0.3, -0.25) is 0 Å². The van der Waals surface area contributed by atoms with Crippen LogP contribution in [0.3, 0.4) is 0 Å². The molecule has 66 valence electrons. The van der Waals surface area contributed by atoms with Crippen molar-refractivity contribution in [3.63, 3.8) is 0 Å². The molecule has 0 bridgehead atoms. The highest BCUT2D eigenvalue weighted by atomic mass is 79.9. The molecule has 0 unspecified atom stereocenters. The van der Waals surface area contributed by atoms with Crippen molar-refractivity contribution >= 4 is 21.9 Å². The van der Waals surface area contributed by atoms with Crippen LogP contribution in [0.4, 0.5) is 0 Å². The van der Waals surface area contributed by atoms with Crippen LogP contribution >= 0.6 is 15.9 Å². The van der Waals surface area contributed by atoms with Crippen molar-refractivity contribution in [2.24, 2.45) is 0 Å². The number of hydrogen-bond donors (Lipinski definition) is 1. The maximum absolute atomic E-state index is 10.5. The van der Waals surface area contributed by atoms with Gasteiger partial charge in [-0.25, -0.2) is 4.79 Å². The van der Waals surface area contributed by atoms with Crippen LogP contribution in [0, 0.1) is 0 Å². The first kappa shape index (κ1) is 10.9. The van der Waals surface area contributed by atoms with Gasteiger partial charge in [0.1, 0.15) is 0 Å². The van der Waals surface area contributed by atoms with E-state index < -0.39 is 12.3 Å². The van der Waals surface area contributed by atoms with Gasteiger partial charge < -0.3 is 14.6 Å². The highest BCUT2D eigenvalue weighted by Crippen LogP contribution is 1.94. The lowest BCUT2D eigenvalue weighted by molar-refractivity contribution is -0.179. The average Bonchev–Trinajstić information content (AvgIpc) is 2.03. The Kier molecular flexibility index (Phi) is 6.49. The molecule has 0 saturated heterocycles. The van der Waals surface area contributed by atoms with Crippen LogP contribution < -0.4 is 0 Å². The molecule has 0 aliphatic carbocycles. The topological polar surface area (TPSA) is 55.8 Å². The minimum absolute atomic E-state index is 0.335. The molecular formula is C6H11BrO4. The molecule has 0 aromatic rings. The molecule has 0 fully saturated rings. The van der Waals surface area contributed by atoms with E-state index in [-0.39, 0.29) is 0 Å². The predicted octanol–water partition coefficient (Wildman–Crippen LogP) is 0.279. The highest BCUT2D eigenvalue weighted by Gasteiger charge is 2.14. The van der Waals surface area contributed by atoms with Crippen LogP contribution in [0.2, 0.25) is 0 Å². The molecule has 1 atom stereocenters. The van der Waals surface area contributed by atoms with Crippen molar-refractivity contribution in [1.29, 1.82) is 0 Å². The largest absolute Gasteiger partial charge is 0.465 e. The highest BCUT2D eigenvalue weighted by molar-refractivity contribution is 9.09. The summed E-state index contributed by atoms with van der Waals surface area (Å²) in [4.78, 5) is 10.5. The van der Waals surface area contributed by atoms with Gasteiger partial charge in [0.25, 0.3) is 6.29 Å². The van der Waals surface area contributed by atoms with E-state index in [9.17, 15) is 4.79 Å². The van der Waals surface area contributed by atoms with Crippen LogP contribution in [0.25, 0.3) is 0 Å². The number of carbonyl (C=O) groups is 1. The fraction of sp³-hybridized carbons (Fsp3) is 0.833. The van der Waals surface area contributed by atoms with Crippen molar-refractivity contribution in [2.45, 2.75) is 12.7 Å². The lowest BCUT2D eigenvalue weighted by Crippen LogP contribution is -2.25. The van der Waals surface area contributed by atoms with Crippen molar-refractivity contribution in [3.8, 4) is 0 Å². The summed E-state index contributed by atoms with van der Waals surface area (Å²) in [5.74, 6) is -0.764. The molecule has 0 saturated carbocycles. The lowest BCUT2D eigenvalue weighted by atomic mass is 10.5. The summed E-state index contributed by atoms with van der Waals surface area (Å²) in [7, 11) is 1.19. The van der Waals surface area contributed by atoms with E-state index in [0.29, 0.717) is 6.61 Å². The Morgan fingerprint density at radius 2 is 2.36 bits per heavy atom. The van der Waals surface area contributed by atoms with E-state index >= 15 is 0 Å². The molecule has 4 nitrogen and oxygen atoms in total. The van der Waals surface area contributed by atoms with Crippen LogP contribution in [-0.2, 0) is 14.3 Å². The van der Waals surface area contributed by atoms with Gasteiger partial charge in [0.2, 0.25) is 0 Å². The number of esters is 1. The van der Waals surface area contributed by atoms with Crippen LogP contribution in [0.15, 0.2) is 0 Å². The molecule has 5 heteroatoms. The standard InChI is InChI=1S/C6H11BrO4/c1-10-5(8)6(9)11-4-2-3-7/h6,9H,2-4H2,1H3/t6-/m0/s1. The molecule has 0 spiro atoms. The predicted molar refractivity (Wildman–Crippen MR) is 42.4 cm³/mol. The molecule has 1 N–H and O–H groups in total. The number of rotatable bonds is 5. The second-order valence-corrected chi connectivity index (χ2v) is 2.58. The van der Waals surface area contributed by atoms with E-state index in [4.69, 9.17) is 5.11 Å². The summed E-state index contributed by atoms with van der Waals surface area (Å²) >= 11 is 3.18. The molecule has 0 aromatic carbocycles. The average molecular weight is 227 g/mol. The fourth-order valence-corrected chi connectivity index (χ4v) is 0.647. The van der Waals surface area contributed by atoms with Crippen molar-refractivity contribution in [1.82, 2.24) is 0 Å². The number of ether oxygens (including phenoxy) is 2. The smallest absolute Gasteiger partial charge is 0.363 e. The van der Waals surface area contributed by atoms with Crippen LogP contribution in [0.5, 0.6) is 0 Å². The maximum atomic E-state index is 10.5. The number of aliphatic hydroxyl groups excluding tert-OH is 1. The van der Waals surface area contributed by atoms with Gasteiger partial charge in [-0.1, -0.05) is 15.9 Å². The van der Waals surface area contributed by atoms with Gasteiger partial charge in [0.05, 0.1) is 13.7 Å². The van der Waals surface area contributed by atoms with Crippen molar-refractivity contribution < 1.29 is 19.4 Å². The molecule has 0 amide bonds. The summed E-state index contributed by atoms with van der Waals surface area (Å²) in [6.45, 7) is 0.335. The Labute approximate surface area is 73.6 Å². The lowest BCUT2D eigenvalue weighted by Gasteiger charge is -2.07. The molecule has 0 aliphatic heterocycles. The minimum Gasteiger partial charge on any atom is -0.465 e. The van der Waals surface area contributed by atoms with Gasteiger partial charge in [-0.15, -0.1) is 0 Å². The number of aliphatic hydroxyl groups is 1. The summed E-state index contributed by atoms with van der Waals surface area (Å²) in [6, 6.07) is 0. The summed E-state index contributed by atoms with van der Waals surface area (Å²) in [6.07, 6.45) is -0.701. The first-order valence-electron chi connectivity index (χ1n) is 3.16. The first-order valence-corrected chi connectivity index (χ1v) is 4.28. The SMILES string of the molecule is COC(=O)[C@@H](O)OCCCBr. The monoisotopic (exact) mass is 226 g/mol. The normalized spacial score (nSPS) is 12.6. The number of alkyl halides is 1. The van der Waals surface area contributed by atoms with E-state index in [1.54, 1.807) is 0 Å². The molecule has 11 heavy (non-hydrogen) atoms. The van der Waals surface area contributed by atoms with Gasteiger partial charge >= 0.3 is 5.97 Å². The summed E-state index contributed by atoms with van der Waals surface area (Å²) < 4.78 is 8.90. The van der Waals surface area contributed by atoms with Crippen LogP contribution in [0.1, 0.15) is 6.42 Å². The van der Waals surface area contributed by atoms with E-state index in [2.05, 4.69) is 25.4 Å². The van der Waals surface area contributed by atoms with Gasteiger partial charge in [-0.05, 0) is 6.42 Å². The Morgan fingerprint density at radius 1 is 1.73 bits per heavy atom. The third kappa shape index (κ3) is 5.17. The maximum Gasteiger partial charge on any atom is 0.363 e. The second kappa shape index (κ2) is 6.57. The Morgan fingerprint density at radius 3 is 2.82 bits per heavy atom. The fourth-order valence-electron chi connectivity index (χ4n) is 0.418. The summed E-state index contributed by atoms with van der Waals surface area (Å²) in [5.41, 5.74) is 0. The van der Waals surface area contributed by atoms with Gasteiger partial charge in [0, 0.05) is 5.33 Å². The first-order chi connectivity index (χ1) is 5.22. The van der Waals surface area contributed by atoms with E-state index in [1.807, 2.05) is 0 Å². The molecule has 0 heterocycles. The second-order valence-electron chi connectivity index (χ2n) is 1.79. The Hall–Kier alpha value is -0.130. The molecule has 0 aliphatic rings. The van der Waals surface area contributed by atoms with E-state index in [0.717, 1.165) is 11.8 Å². The number of methoxy groups -OCH3 is 1. The van der Waals surface area contributed by atoms with Crippen molar-refractivity contribution in [3.05, 3.63) is 0 Å².